The first-order valence-corrected chi connectivity index (χ1v) is 8.00. The minimum absolute atomic E-state index is 0.174. The van der Waals surface area contributed by atoms with Crippen molar-refractivity contribution in [2.75, 3.05) is 5.32 Å². The second-order valence-corrected chi connectivity index (χ2v) is 5.56. The second kappa shape index (κ2) is 6.98. The summed E-state index contributed by atoms with van der Waals surface area (Å²) in [5.41, 5.74) is 2.05. The molecular formula is C18H15N7O. The van der Waals surface area contributed by atoms with Crippen molar-refractivity contribution < 1.29 is 4.79 Å². The number of pyridine rings is 1. The minimum Gasteiger partial charge on any atom is -0.288 e. The predicted octanol–water partition coefficient (Wildman–Crippen LogP) is 2.36. The summed E-state index contributed by atoms with van der Waals surface area (Å²) < 4.78 is 1.71. The van der Waals surface area contributed by atoms with Gasteiger partial charge in [0.15, 0.2) is 11.5 Å². The van der Waals surface area contributed by atoms with Gasteiger partial charge in [0.1, 0.15) is 5.69 Å². The molecule has 0 spiro atoms. The van der Waals surface area contributed by atoms with E-state index in [-0.39, 0.29) is 11.9 Å². The van der Waals surface area contributed by atoms with Crippen LogP contribution in [0.25, 0.3) is 11.5 Å². The summed E-state index contributed by atoms with van der Waals surface area (Å²) in [7, 11) is 0. The molecule has 0 aliphatic carbocycles. The standard InChI is InChI=1S/C18H15N7O/c26-17(15-9-11-25(24-15)12-13-6-2-1-3-7-13)21-18-20-16(22-23-18)14-8-4-5-10-19-14/h1-11H,12H2,(H2,20,21,22,23,26). The summed E-state index contributed by atoms with van der Waals surface area (Å²) >= 11 is 0. The van der Waals surface area contributed by atoms with Gasteiger partial charge < -0.3 is 0 Å². The Kier molecular flexibility index (Phi) is 4.21. The lowest BCUT2D eigenvalue weighted by Crippen LogP contribution is -2.14. The van der Waals surface area contributed by atoms with Gasteiger partial charge in [0, 0.05) is 12.4 Å². The fourth-order valence-corrected chi connectivity index (χ4v) is 2.44. The minimum atomic E-state index is -0.372. The van der Waals surface area contributed by atoms with E-state index in [1.165, 1.54) is 0 Å². The van der Waals surface area contributed by atoms with Crippen LogP contribution in [0.5, 0.6) is 0 Å². The molecule has 0 saturated heterocycles. The summed E-state index contributed by atoms with van der Waals surface area (Å²) in [6.45, 7) is 0.596. The van der Waals surface area contributed by atoms with Crippen LogP contribution in [0.4, 0.5) is 5.95 Å². The second-order valence-electron chi connectivity index (χ2n) is 5.56. The molecule has 0 bridgehead atoms. The van der Waals surface area contributed by atoms with E-state index >= 15 is 0 Å². The monoisotopic (exact) mass is 345 g/mol. The highest BCUT2D eigenvalue weighted by molar-refractivity contribution is 6.01. The SMILES string of the molecule is O=C(Nc1n[nH]c(-c2ccccn2)n1)c1ccn(Cc2ccccc2)n1. The third-order valence-corrected chi connectivity index (χ3v) is 3.68. The van der Waals surface area contributed by atoms with Crippen molar-refractivity contribution in [2.24, 2.45) is 0 Å². The maximum absolute atomic E-state index is 12.3. The maximum atomic E-state index is 12.3. The molecule has 8 heteroatoms. The number of carbonyl (C=O) groups excluding carboxylic acids is 1. The summed E-state index contributed by atoms with van der Waals surface area (Å²) in [4.78, 5) is 20.7. The van der Waals surface area contributed by atoms with Gasteiger partial charge in [-0.1, -0.05) is 36.4 Å². The molecule has 26 heavy (non-hydrogen) atoms. The molecule has 4 aromatic rings. The maximum Gasteiger partial charge on any atom is 0.278 e. The molecule has 3 aromatic heterocycles. The lowest BCUT2D eigenvalue weighted by atomic mass is 10.2. The van der Waals surface area contributed by atoms with Gasteiger partial charge in [-0.2, -0.15) is 10.1 Å². The van der Waals surface area contributed by atoms with Gasteiger partial charge in [-0.3, -0.25) is 24.9 Å². The number of carbonyl (C=O) groups is 1. The zero-order valence-corrected chi connectivity index (χ0v) is 13.7. The summed E-state index contributed by atoms with van der Waals surface area (Å²) in [5, 5.41) is 13.7. The Hall–Kier alpha value is -3.81. The number of aromatic amines is 1. The number of H-pyrrole nitrogens is 1. The Labute approximate surface area is 148 Å². The van der Waals surface area contributed by atoms with Crippen molar-refractivity contribution in [3.8, 4) is 11.5 Å². The van der Waals surface area contributed by atoms with Gasteiger partial charge in [0.25, 0.3) is 5.91 Å². The number of hydrogen-bond donors (Lipinski definition) is 2. The Morgan fingerprint density at radius 1 is 1.08 bits per heavy atom. The zero-order chi connectivity index (χ0) is 17.8. The van der Waals surface area contributed by atoms with Gasteiger partial charge in [-0.25, -0.2) is 0 Å². The van der Waals surface area contributed by atoms with Crippen LogP contribution in [0.1, 0.15) is 16.1 Å². The molecule has 0 radical (unpaired) electrons. The molecule has 0 saturated carbocycles. The average molecular weight is 345 g/mol. The van der Waals surface area contributed by atoms with Crippen molar-refractivity contribution in [3.05, 3.63) is 78.2 Å². The highest BCUT2D eigenvalue weighted by Crippen LogP contribution is 2.12. The van der Waals surface area contributed by atoms with Crippen LogP contribution in [0.3, 0.4) is 0 Å². The van der Waals surface area contributed by atoms with Crippen molar-refractivity contribution in [2.45, 2.75) is 6.54 Å². The van der Waals surface area contributed by atoms with Crippen molar-refractivity contribution in [1.29, 1.82) is 0 Å². The van der Waals surface area contributed by atoms with E-state index in [1.807, 2.05) is 42.5 Å². The summed E-state index contributed by atoms with van der Waals surface area (Å²) in [6.07, 6.45) is 3.43. The fourth-order valence-electron chi connectivity index (χ4n) is 2.44. The van der Waals surface area contributed by atoms with Gasteiger partial charge >= 0.3 is 0 Å². The van der Waals surface area contributed by atoms with E-state index < -0.39 is 0 Å². The third kappa shape index (κ3) is 3.48. The first-order valence-electron chi connectivity index (χ1n) is 8.00. The number of rotatable bonds is 5. The molecule has 1 aromatic carbocycles. The van der Waals surface area contributed by atoms with Crippen LogP contribution in [0.15, 0.2) is 67.0 Å². The molecule has 0 aliphatic rings. The Bertz CT molecular complexity index is 1010. The molecule has 0 unspecified atom stereocenters. The van der Waals surface area contributed by atoms with Gasteiger partial charge in [-0.05, 0) is 23.8 Å². The van der Waals surface area contributed by atoms with Crippen molar-refractivity contribution in [1.82, 2.24) is 29.9 Å². The van der Waals surface area contributed by atoms with Gasteiger partial charge in [-0.15, -0.1) is 5.10 Å². The number of anilines is 1. The normalized spacial score (nSPS) is 10.6. The van der Waals surface area contributed by atoms with E-state index in [4.69, 9.17) is 0 Å². The third-order valence-electron chi connectivity index (χ3n) is 3.68. The number of nitrogens with one attached hydrogen (secondary N) is 2. The first kappa shape index (κ1) is 15.7. The first-order chi connectivity index (χ1) is 12.8. The highest BCUT2D eigenvalue weighted by Gasteiger charge is 2.13. The number of hydrogen-bond acceptors (Lipinski definition) is 5. The highest BCUT2D eigenvalue weighted by atomic mass is 16.2. The molecule has 128 valence electrons. The van der Waals surface area contributed by atoms with E-state index in [2.05, 4.69) is 30.6 Å². The van der Waals surface area contributed by atoms with Gasteiger partial charge in [0.05, 0.1) is 6.54 Å². The van der Waals surface area contributed by atoms with E-state index in [9.17, 15) is 4.79 Å². The van der Waals surface area contributed by atoms with Crippen molar-refractivity contribution in [3.63, 3.8) is 0 Å². The van der Waals surface area contributed by atoms with Crippen molar-refractivity contribution >= 4 is 11.9 Å². The quantitative estimate of drug-likeness (QED) is 0.578. The molecular weight excluding hydrogens is 330 g/mol. The molecule has 3 heterocycles. The molecule has 2 N–H and O–H groups in total. The molecule has 1 amide bonds. The van der Waals surface area contributed by atoms with Gasteiger partial charge in [0.2, 0.25) is 5.95 Å². The summed E-state index contributed by atoms with van der Waals surface area (Å²) in [6, 6.07) is 17.0. The van der Waals surface area contributed by atoms with Crippen LogP contribution in [-0.2, 0) is 6.54 Å². The lowest BCUT2D eigenvalue weighted by molar-refractivity contribution is 0.102. The number of aromatic nitrogens is 6. The number of amides is 1. The number of benzene rings is 1. The van der Waals surface area contributed by atoms with Crippen LogP contribution < -0.4 is 5.32 Å². The molecule has 0 aliphatic heterocycles. The molecule has 4 rings (SSSR count). The number of nitrogens with zero attached hydrogens (tertiary/aromatic N) is 5. The Balaban J connectivity index is 1.43. The molecule has 0 atom stereocenters. The zero-order valence-electron chi connectivity index (χ0n) is 13.7. The average Bonchev–Trinajstić information content (AvgIpc) is 3.33. The van der Waals surface area contributed by atoms with E-state index in [0.29, 0.717) is 23.8 Å². The molecule has 8 nitrogen and oxygen atoms in total. The molecule has 0 fully saturated rings. The van der Waals surface area contributed by atoms with E-state index in [0.717, 1.165) is 5.56 Å². The Morgan fingerprint density at radius 2 is 1.92 bits per heavy atom. The largest absolute Gasteiger partial charge is 0.288 e. The van der Waals surface area contributed by atoms with Crippen LogP contribution >= 0.6 is 0 Å². The van der Waals surface area contributed by atoms with E-state index in [1.54, 1.807) is 29.2 Å². The smallest absolute Gasteiger partial charge is 0.278 e. The lowest BCUT2D eigenvalue weighted by Gasteiger charge is -2.01. The van der Waals surface area contributed by atoms with Crippen LogP contribution in [0, 0.1) is 0 Å². The predicted molar refractivity (Wildman–Crippen MR) is 95.3 cm³/mol. The van der Waals surface area contributed by atoms with Crippen LogP contribution in [-0.4, -0.2) is 35.9 Å². The fraction of sp³-hybridized carbons (Fsp3) is 0.0556. The topological polar surface area (TPSA) is 101 Å². The summed E-state index contributed by atoms with van der Waals surface area (Å²) in [5.74, 6) is 0.284. The Morgan fingerprint density at radius 3 is 2.73 bits per heavy atom. The van der Waals surface area contributed by atoms with Crippen LogP contribution in [0.2, 0.25) is 0 Å².